The summed E-state index contributed by atoms with van der Waals surface area (Å²) in [6.45, 7) is 1.69. The number of carbonyl (C=O) groups excluding carboxylic acids is 1. The Bertz CT molecular complexity index is 413. The number of aliphatic hydroxyl groups excluding tert-OH is 1. The summed E-state index contributed by atoms with van der Waals surface area (Å²) < 4.78 is 5.17. The number of aliphatic hydroxyl groups is 1. The Kier molecular flexibility index (Phi) is 2.36. The number of anilines is 1. The lowest BCUT2D eigenvalue weighted by Crippen LogP contribution is -2.04. The lowest BCUT2D eigenvalue weighted by molar-refractivity contribution is -0.115. The minimum absolute atomic E-state index is 0.0361. The number of amides is 1. The van der Waals surface area contributed by atoms with Gasteiger partial charge in [-0.25, -0.2) is 0 Å². The van der Waals surface area contributed by atoms with Crippen LogP contribution in [0.15, 0.2) is 12.1 Å². The lowest BCUT2D eigenvalue weighted by atomic mass is 10.0. The molecule has 0 aromatic heterocycles. The van der Waals surface area contributed by atoms with E-state index in [9.17, 15) is 9.90 Å². The van der Waals surface area contributed by atoms with Gasteiger partial charge in [0.25, 0.3) is 0 Å². The molecular weight excluding hydrogens is 194 g/mol. The second kappa shape index (κ2) is 3.55. The Morgan fingerprint density at radius 2 is 2.27 bits per heavy atom. The van der Waals surface area contributed by atoms with Crippen LogP contribution < -0.4 is 10.1 Å². The van der Waals surface area contributed by atoms with Gasteiger partial charge in [0.2, 0.25) is 5.91 Å². The fourth-order valence-corrected chi connectivity index (χ4v) is 1.74. The van der Waals surface area contributed by atoms with E-state index in [-0.39, 0.29) is 5.91 Å². The molecule has 0 saturated heterocycles. The first-order valence-electron chi connectivity index (χ1n) is 4.80. The van der Waals surface area contributed by atoms with Gasteiger partial charge in [0.05, 0.1) is 25.3 Å². The number of benzene rings is 1. The van der Waals surface area contributed by atoms with E-state index in [1.807, 2.05) is 6.07 Å². The van der Waals surface area contributed by atoms with Gasteiger partial charge in [0, 0.05) is 0 Å². The highest BCUT2D eigenvalue weighted by Gasteiger charge is 2.23. The van der Waals surface area contributed by atoms with Crippen LogP contribution in [0.5, 0.6) is 5.75 Å². The van der Waals surface area contributed by atoms with Crippen molar-refractivity contribution in [2.75, 3.05) is 12.4 Å². The summed E-state index contributed by atoms with van der Waals surface area (Å²) in [5.41, 5.74) is 2.38. The molecule has 0 saturated carbocycles. The average molecular weight is 207 g/mol. The molecule has 0 aliphatic carbocycles. The van der Waals surface area contributed by atoms with Crippen LogP contribution in [0.1, 0.15) is 24.2 Å². The first-order chi connectivity index (χ1) is 7.11. The number of hydrogen-bond acceptors (Lipinski definition) is 3. The number of methoxy groups -OCH3 is 1. The Morgan fingerprint density at radius 3 is 2.87 bits per heavy atom. The third-order valence-corrected chi connectivity index (χ3v) is 2.52. The molecule has 0 radical (unpaired) electrons. The second-order valence-electron chi connectivity index (χ2n) is 3.66. The minimum atomic E-state index is -0.556. The molecule has 2 N–H and O–H groups in total. The van der Waals surface area contributed by atoms with E-state index in [1.165, 1.54) is 0 Å². The van der Waals surface area contributed by atoms with Gasteiger partial charge in [0.15, 0.2) is 0 Å². The standard InChI is InChI=1S/C11H13NO3/c1-6(13)7-3-8-5-10(14)12-11(8)9(4-7)15-2/h3-4,6,13H,5H2,1-2H3,(H,12,14). The van der Waals surface area contributed by atoms with Crippen LogP contribution in [-0.2, 0) is 11.2 Å². The summed E-state index contributed by atoms with van der Waals surface area (Å²) in [6, 6.07) is 3.58. The van der Waals surface area contributed by atoms with Crippen molar-refractivity contribution in [3.05, 3.63) is 23.3 Å². The SMILES string of the molecule is COc1cc(C(C)O)cc2c1NC(=O)C2. The number of ether oxygens (including phenoxy) is 1. The first kappa shape index (κ1) is 9.98. The molecule has 4 nitrogen and oxygen atoms in total. The third kappa shape index (κ3) is 1.68. The molecule has 1 heterocycles. The highest BCUT2D eigenvalue weighted by atomic mass is 16.5. The van der Waals surface area contributed by atoms with Crippen LogP contribution in [0, 0.1) is 0 Å². The van der Waals surface area contributed by atoms with Crippen LogP contribution >= 0.6 is 0 Å². The summed E-state index contributed by atoms with van der Waals surface area (Å²) in [4.78, 5) is 11.2. The highest BCUT2D eigenvalue weighted by molar-refractivity contribution is 6.01. The lowest BCUT2D eigenvalue weighted by Gasteiger charge is -2.11. The molecule has 1 aromatic rings. The summed E-state index contributed by atoms with van der Waals surface area (Å²) in [5.74, 6) is 0.570. The number of rotatable bonds is 2. The summed E-state index contributed by atoms with van der Waals surface area (Å²) in [6.07, 6.45) is -0.202. The third-order valence-electron chi connectivity index (χ3n) is 2.52. The largest absolute Gasteiger partial charge is 0.495 e. The Hall–Kier alpha value is -1.55. The van der Waals surface area contributed by atoms with Crippen LogP contribution in [-0.4, -0.2) is 18.1 Å². The zero-order chi connectivity index (χ0) is 11.0. The monoisotopic (exact) mass is 207 g/mol. The number of nitrogens with one attached hydrogen (secondary N) is 1. The summed E-state index contributed by atoms with van der Waals surface area (Å²) >= 11 is 0. The minimum Gasteiger partial charge on any atom is -0.495 e. The molecule has 1 unspecified atom stereocenters. The van der Waals surface area contributed by atoms with Gasteiger partial charge >= 0.3 is 0 Å². The van der Waals surface area contributed by atoms with Crippen LogP contribution in [0.4, 0.5) is 5.69 Å². The highest BCUT2D eigenvalue weighted by Crippen LogP contribution is 2.35. The van der Waals surface area contributed by atoms with Gasteiger partial charge in [-0.15, -0.1) is 0 Å². The van der Waals surface area contributed by atoms with Crippen molar-refractivity contribution in [1.82, 2.24) is 0 Å². The zero-order valence-corrected chi connectivity index (χ0v) is 8.70. The molecule has 0 fully saturated rings. The van der Waals surface area contributed by atoms with Crippen molar-refractivity contribution in [3.8, 4) is 5.75 Å². The number of carbonyl (C=O) groups is 1. The van der Waals surface area contributed by atoms with Gasteiger partial charge in [-0.05, 0) is 24.1 Å². The number of fused-ring (bicyclic) bond motifs is 1. The van der Waals surface area contributed by atoms with Crippen molar-refractivity contribution >= 4 is 11.6 Å². The summed E-state index contributed by atoms with van der Waals surface area (Å²) in [5, 5.41) is 12.2. The van der Waals surface area contributed by atoms with E-state index >= 15 is 0 Å². The maximum Gasteiger partial charge on any atom is 0.228 e. The van der Waals surface area contributed by atoms with E-state index in [1.54, 1.807) is 20.1 Å². The summed E-state index contributed by atoms with van der Waals surface area (Å²) in [7, 11) is 1.55. The fraction of sp³-hybridized carbons (Fsp3) is 0.364. The van der Waals surface area contributed by atoms with Crippen molar-refractivity contribution in [1.29, 1.82) is 0 Å². The van der Waals surface area contributed by atoms with E-state index in [4.69, 9.17) is 4.74 Å². The van der Waals surface area contributed by atoms with Gasteiger partial charge < -0.3 is 15.2 Å². The van der Waals surface area contributed by atoms with Crippen molar-refractivity contribution in [2.45, 2.75) is 19.4 Å². The molecule has 1 amide bonds. The molecule has 1 aliphatic heterocycles. The Balaban J connectivity index is 2.52. The van der Waals surface area contributed by atoms with Crippen molar-refractivity contribution in [3.63, 3.8) is 0 Å². The molecule has 2 rings (SSSR count). The van der Waals surface area contributed by atoms with E-state index in [2.05, 4.69) is 5.32 Å². The maximum atomic E-state index is 11.2. The normalized spacial score (nSPS) is 15.8. The topological polar surface area (TPSA) is 58.6 Å². The van der Waals surface area contributed by atoms with Crippen LogP contribution in [0.3, 0.4) is 0 Å². The first-order valence-corrected chi connectivity index (χ1v) is 4.80. The predicted molar refractivity (Wildman–Crippen MR) is 56.0 cm³/mol. The Morgan fingerprint density at radius 1 is 1.53 bits per heavy atom. The number of hydrogen-bond donors (Lipinski definition) is 2. The molecule has 1 aromatic carbocycles. The van der Waals surface area contributed by atoms with E-state index in [0.29, 0.717) is 12.2 Å². The second-order valence-corrected chi connectivity index (χ2v) is 3.66. The molecule has 0 spiro atoms. The Labute approximate surface area is 87.9 Å². The molecular formula is C11H13NO3. The van der Waals surface area contributed by atoms with Gasteiger partial charge in [-0.2, -0.15) is 0 Å². The van der Waals surface area contributed by atoms with Gasteiger partial charge in [-0.1, -0.05) is 6.07 Å². The zero-order valence-electron chi connectivity index (χ0n) is 8.70. The van der Waals surface area contributed by atoms with Gasteiger partial charge in [-0.3, -0.25) is 4.79 Å². The smallest absolute Gasteiger partial charge is 0.228 e. The predicted octanol–water partition coefficient (Wildman–Crippen LogP) is 1.24. The molecule has 0 bridgehead atoms. The van der Waals surface area contributed by atoms with E-state index in [0.717, 1.165) is 16.8 Å². The quantitative estimate of drug-likeness (QED) is 0.767. The van der Waals surface area contributed by atoms with Crippen LogP contribution in [0.2, 0.25) is 0 Å². The molecule has 15 heavy (non-hydrogen) atoms. The molecule has 1 atom stereocenters. The average Bonchev–Trinajstić information content (AvgIpc) is 2.56. The van der Waals surface area contributed by atoms with Gasteiger partial charge in [0.1, 0.15) is 5.75 Å². The van der Waals surface area contributed by atoms with E-state index < -0.39 is 6.10 Å². The van der Waals surface area contributed by atoms with Crippen molar-refractivity contribution in [2.24, 2.45) is 0 Å². The maximum absolute atomic E-state index is 11.2. The molecule has 1 aliphatic rings. The fourth-order valence-electron chi connectivity index (χ4n) is 1.74. The van der Waals surface area contributed by atoms with Crippen LogP contribution in [0.25, 0.3) is 0 Å². The molecule has 80 valence electrons. The van der Waals surface area contributed by atoms with Crippen molar-refractivity contribution < 1.29 is 14.6 Å². The molecule has 4 heteroatoms.